The van der Waals surface area contributed by atoms with E-state index in [0.29, 0.717) is 16.5 Å². The van der Waals surface area contributed by atoms with E-state index in [1.165, 1.54) is 43.7 Å². The first kappa shape index (κ1) is 18.8. The molecule has 2 heterocycles. The fourth-order valence-corrected chi connectivity index (χ4v) is 2.92. The second kappa shape index (κ2) is 7.75. The summed E-state index contributed by atoms with van der Waals surface area (Å²) in [5.41, 5.74) is 0.482. The van der Waals surface area contributed by atoms with Crippen LogP contribution >= 0.6 is 0 Å². The first-order valence-electron chi connectivity index (χ1n) is 8.14. The zero-order chi connectivity index (χ0) is 20.3. The van der Waals surface area contributed by atoms with E-state index in [1.807, 2.05) is 0 Å². The van der Waals surface area contributed by atoms with Crippen molar-refractivity contribution < 1.29 is 29.0 Å². The van der Waals surface area contributed by atoms with Crippen molar-refractivity contribution in [1.82, 2.24) is 4.98 Å². The van der Waals surface area contributed by atoms with Crippen LogP contribution < -0.4 is 4.90 Å². The summed E-state index contributed by atoms with van der Waals surface area (Å²) < 4.78 is 9.66. The van der Waals surface area contributed by atoms with Crippen molar-refractivity contribution in [2.45, 2.75) is 0 Å². The van der Waals surface area contributed by atoms with Gasteiger partial charge in [-0.05, 0) is 30.4 Å². The summed E-state index contributed by atoms with van der Waals surface area (Å²) >= 11 is 0. The van der Waals surface area contributed by atoms with Gasteiger partial charge in [-0.1, -0.05) is 6.08 Å². The maximum Gasteiger partial charge on any atom is 0.355 e. The molecule has 0 amide bonds. The molecule has 1 aromatic carbocycles. The van der Waals surface area contributed by atoms with Gasteiger partial charge in [-0.25, -0.2) is 14.4 Å². The topological polar surface area (TPSA) is 106 Å². The SMILES string of the molecule is COC(=O)C1=C(C(=O)OC)N(c2ccc(C(=O)O)c3ccncc23)C=CC=C1. The van der Waals surface area contributed by atoms with Crippen molar-refractivity contribution >= 4 is 34.4 Å². The quantitative estimate of drug-likeness (QED) is 0.806. The standard InChI is InChI=1S/C20H16N2O6/c1-27-19(25)14-5-3-4-10-22(17(14)20(26)28-2)16-7-6-13(18(23)24)12-8-9-21-11-15(12)16/h3-11H,1-2H3,(H,23,24). The highest BCUT2D eigenvalue weighted by Crippen LogP contribution is 2.33. The molecule has 0 saturated carbocycles. The van der Waals surface area contributed by atoms with Gasteiger partial charge in [0.05, 0.1) is 31.0 Å². The summed E-state index contributed by atoms with van der Waals surface area (Å²) in [4.78, 5) is 41.9. The van der Waals surface area contributed by atoms with Gasteiger partial charge in [0.1, 0.15) is 5.70 Å². The number of pyridine rings is 1. The molecule has 28 heavy (non-hydrogen) atoms. The molecule has 0 aliphatic carbocycles. The third-order valence-corrected chi connectivity index (χ3v) is 4.17. The number of carboxylic acid groups (broad SMARTS) is 1. The number of carbonyl (C=O) groups excluding carboxylic acids is 2. The summed E-state index contributed by atoms with van der Waals surface area (Å²) in [6.07, 6.45) is 9.21. The molecule has 0 spiro atoms. The largest absolute Gasteiger partial charge is 0.478 e. The Morgan fingerprint density at radius 2 is 1.75 bits per heavy atom. The zero-order valence-corrected chi connectivity index (χ0v) is 15.1. The lowest BCUT2D eigenvalue weighted by Crippen LogP contribution is -2.27. The number of ether oxygens (including phenoxy) is 2. The number of aromatic carboxylic acids is 1. The van der Waals surface area contributed by atoms with E-state index < -0.39 is 17.9 Å². The number of nitrogens with zero attached hydrogens (tertiary/aromatic N) is 2. The van der Waals surface area contributed by atoms with E-state index in [4.69, 9.17) is 9.47 Å². The number of methoxy groups -OCH3 is 2. The van der Waals surface area contributed by atoms with Gasteiger partial charge in [0.15, 0.2) is 0 Å². The molecule has 0 atom stereocenters. The predicted molar refractivity (Wildman–Crippen MR) is 101 cm³/mol. The Bertz CT molecular complexity index is 1070. The van der Waals surface area contributed by atoms with Gasteiger partial charge in [0.25, 0.3) is 0 Å². The van der Waals surface area contributed by atoms with Crippen LogP contribution in [0.5, 0.6) is 0 Å². The van der Waals surface area contributed by atoms with Crippen molar-refractivity contribution in [1.29, 1.82) is 0 Å². The number of carboxylic acids is 1. The van der Waals surface area contributed by atoms with Crippen LogP contribution in [0.3, 0.4) is 0 Å². The van der Waals surface area contributed by atoms with Crippen molar-refractivity contribution in [3.63, 3.8) is 0 Å². The second-order valence-corrected chi connectivity index (χ2v) is 5.67. The van der Waals surface area contributed by atoms with Crippen molar-refractivity contribution in [2.75, 3.05) is 19.1 Å². The Hall–Kier alpha value is -3.94. The van der Waals surface area contributed by atoms with Crippen LogP contribution in [0.2, 0.25) is 0 Å². The third-order valence-electron chi connectivity index (χ3n) is 4.17. The average Bonchev–Trinajstić information content (AvgIpc) is 2.94. The van der Waals surface area contributed by atoms with Gasteiger partial charge in [-0.3, -0.25) is 4.98 Å². The number of hydrogen-bond acceptors (Lipinski definition) is 7. The number of rotatable bonds is 4. The van der Waals surface area contributed by atoms with Crippen LogP contribution in [-0.2, 0) is 19.1 Å². The maximum absolute atomic E-state index is 12.5. The molecule has 142 valence electrons. The van der Waals surface area contributed by atoms with Gasteiger partial charge in [-0.15, -0.1) is 0 Å². The minimum absolute atomic E-state index is 0.00120. The highest BCUT2D eigenvalue weighted by Gasteiger charge is 2.28. The summed E-state index contributed by atoms with van der Waals surface area (Å²) in [6.45, 7) is 0. The van der Waals surface area contributed by atoms with E-state index in [2.05, 4.69) is 4.98 Å². The lowest BCUT2D eigenvalue weighted by molar-refractivity contribution is -0.139. The number of aromatic nitrogens is 1. The number of allylic oxidation sites excluding steroid dienone is 2. The maximum atomic E-state index is 12.5. The van der Waals surface area contributed by atoms with Crippen molar-refractivity contribution in [3.05, 3.63) is 71.9 Å². The molecule has 1 aromatic heterocycles. The molecule has 2 aromatic rings. The fourth-order valence-electron chi connectivity index (χ4n) is 2.92. The molecule has 0 saturated heterocycles. The van der Waals surface area contributed by atoms with Crippen LogP contribution in [0.4, 0.5) is 5.69 Å². The molecular weight excluding hydrogens is 364 g/mol. The minimum Gasteiger partial charge on any atom is -0.478 e. The molecule has 8 nitrogen and oxygen atoms in total. The smallest absolute Gasteiger partial charge is 0.355 e. The molecule has 1 aliphatic heterocycles. The summed E-state index contributed by atoms with van der Waals surface area (Å²) in [6, 6.07) is 4.55. The summed E-state index contributed by atoms with van der Waals surface area (Å²) in [5, 5.41) is 10.4. The molecule has 1 aliphatic rings. The van der Waals surface area contributed by atoms with E-state index >= 15 is 0 Å². The number of benzene rings is 1. The molecule has 3 rings (SSSR count). The third kappa shape index (κ3) is 3.23. The van der Waals surface area contributed by atoms with Gasteiger partial charge in [-0.2, -0.15) is 0 Å². The van der Waals surface area contributed by atoms with E-state index in [0.717, 1.165) is 0 Å². The van der Waals surface area contributed by atoms with Crippen molar-refractivity contribution in [2.24, 2.45) is 0 Å². The van der Waals surface area contributed by atoms with Gasteiger partial charge >= 0.3 is 17.9 Å². The van der Waals surface area contributed by atoms with Gasteiger partial charge in [0.2, 0.25) is 0 Å². The predicted octanol–water partition coefficient (Wildman–Crippen LogP) is 2.42. The van der Waals surface area contributed by atoms with Crippen LogP contribution in [-0.4, -0.2) is 42.2 Å². The average molecular weight is 380 g/mol. The number of fused-ring (bicyclic) bond motifs is 1. The molecule has 8 heteroatoms. The lowest BCUT2D eigenvalue weighted by Gasteiger charge is -2.24. The van der Waals surface area contributed by atoms with E-state index in [9.17, 15) is 19.5 Å². The minimum atomic E-state index is -1.09. The molecular formula is C20H16N2O6. The Morgan fingerprint density at radius 1 is 1.00 bits per heavy atom. The second-order valence-electron chi connectivity index (χ2n) is 5.67. The Morgan fingerprint density at radius 3 is 2.43 bits per heavy atom. The van der Waals surface area contributed by atoms with Gasteiger partial charge in [0, 0.05) is 29.4 Å². The molecule has 1 N–H and O–H groups in total. The van der Waals surface area contributed by atoms with Crippen LogP contribution in [0, 0.1) is 0 Å². The summed E-state index contributed by atoms with van der Waals surface area (Å²) in [5.74, 6) is -2.55. The number of carbonyl (C=O) groups is 3. The zero-order valence-electron chi connectivity index (χ0n) is 15.1. The van der Waals surface area contributed by atoms with E-state index in [-0.39, 0.29) is 16.8 Å². The van der Waals surface area contributed by atoms with E-state index in [1.54, 1.807) is 30.5 Å². The monoisotopic (exact) mass is 380 g/mol. The van der Waals surface area contributed by atoms with Crippen LogP contribution in [0.25, 0.3) is 10.8 Å². The molecule has 0 radical (unpaired) electrons. The number of anilines is 1. The Balaban J connectivity index is 2.32. The Labute approximate surface area is 160 Å². The molecule has 0 unspecified atom stereocenters. The van der Waals surface area contributed by atoms with Crippen LogP contribution in [0.1, 0.15) is 10.4 Å². The first-order valence-corrected chi connectivity index (χ1v) is 8.14. The highest BCUT2D eigenvalue weighted by molar-refractivity contribution is 6.11. The molecule has 0 fully saturated rings. The Kier molecular flexibility index (Phi) is 5.21. The van der Waals surface area contributed by atoms with Gasteiger partial charge < -0.3 is 19.5 Å². The molecule has 0 bridgehead atoms. The highest BCUT2D eigenvalue weighted by atomic mass is 16.5. The normalized spacial score (nSPS) is 13.4. The van der Waals surface area contributed by atoms with Crippen LogP contribution in [0.15, 0.2) is 66.3 Å². The lowest BCUT2D eigenvalue weighted by atomic mass is 10.0. The number of esters is 2. The fraction of sp³-hybridized carbons (Fsp3) is 0.100. The van der Waals surface area contributed by atoms with Crippen molar-refractivity contribution in [3.8, 4) is 0 Å². The summed E-state index contributed by atoms with van der Waals surface area (Å²) in [7, 11) is 2.41. The first-order chi connectivity index (χ1) is 13.5. The number of hydrogen-bond donors (Lipinski definition) is 1.